The second-order valence-corrected chi connectivity index (χ2v) is 6.45. The van der Waals surface area contributed by atoms with E-state index in [0.717, 1.165) is 24.2 Å². The highest BCUT2D eigenvalue weighted by atomic mass is 16.5. The molecule has 1 aromatic carbocycles. The molecule has 0 N–H and O–H groups in total. The number of ether oxygens (including phenoxy) is 3. The third-order valence-electron chi connectivity index (χ3n) is 4.66. The van der Waals surface area contributed by atoms with Gasteiger partial charge in [-0.1, -0.05) is 0 Å². The van der Waals surface area contributed by atoms with Crippen molar-refractivity contribution in [2.45, 2.75) is 32.7 Å². The first-order valence-corrected chi connectivity index (χ1v) is 8.57. The van der Waals surface area contributed by atoms with Crippen LogP contribution in [0, 0.1) is 13.8 Å². The predicted molar refractivity (Wildman–Crippen MR) is 96.3 cm³/mol. The molecule has 138 valence electrons. The number of rotatable bonds is 7. The first-order chi connectivity index (χ1) is 12.5. The first kappa shape index (κ1) is 18.0. The molecule has 1 aliphatic carbocycles. The molecular weight excluding hydrogens is 334 g/mol. The highest BCUT2D eigenvalue weighted by Gasteiger charge is 2.28. The van der Waals surface area contributed by atoms with Gasteiger partial charge in [-0.15, -0.1) is 0 Å². The summed E-state index contributed by atoms with van der Waals surface area (Å²) in [6.45, 7) is 3.63. The standard InChI is InChI=1S/C20H23NO5/c1-12-9-17(13(2)21(12)14-5-6-14)18(22)11-26-20(23)16-8-7-15(24-3)10-19(16)25-4/h7-10,14H,5-6,11H2,1-4H3. The van der Waals surface area contributed by atoms with Crippen molar-refractivity contribution in [1.82, 2.24) is 4.57 Å². The molecule has 1 aliphatic rings. The summed E-state index contributed by atoms with van der Waals surface area (Å²) < 4.78 is 17.7. The minimum Gasteiger partial charge on any atom is -0.497 e. The van der Waals surface area contributed by atoms with Gasteiger partial charge in [0.2, 0.25) is 5.78 Å². The molecule has 6 heteroatoms. The number of aromatic nitrogens is 1. The largest absolute Gasteiger partial charge is 0.497 e. The van der Waals surface area contributed by atoms with Crippen molar-refractivity contribution in [3.05, 3.63) is 46.8 Å². The molecule has 0 radical (unpaired) electrons. The molecule has 1 saturated carbocycles. The lowest BCUT2D eigenvalue weighted by Gasteiger charge is -2.10. The van der Waals surface area contributed by atoms with E-state index in [1.165, 1.54) is 14.2 Å². The van der Waals surface area contributed by atoms with E-state index in [2.05, 4.69) is 4.57 Å². The van der Waals surface area contributed by atoms with Crippen LogP contribution in [0.4, 0.5) is 0 Å². The normalized spacial score (nSPS) is 13.4. The second-order valence-electron chi connectivity index (χ2n) is 6.45. The smallest absolute Gasteiger partial charge is 0.342 e. The Balaban J connectivity index is 1.70. The number of Topliss-reactive ketones (excluding diaryl/α,β-unsaturated/α-hetero) is 1. The van der Waals surface area contributed by atoms with Gasteiger partial charge in [0.15, 0.2) is 6.61 Å². The first-order valence-electron chi connectivity index (χ1n) is 8.57. The van der Waals surface area contributed by atoms with Crippen molar-refractivity contribution in [3.8, 4) is 11.5 Å². The number of hydrogen-bond acceptors (Lipinski definition) is 5. The number of ketones is 1. The number of carbonyl (C=O) groups is 2. The molecule has 0 atom stereocenters. The average Bonchev–Trinajstić information content (AvgIpc) is 3.43. The van der Waals surface area contributed by atoms with Crippen molar-refractivity contribution in [2.24, 2.45) is 0 Å². The van der Waals surface area contributed by atoms with E-state index in [1.807, 2.05) is 19.9 Å². The number of methoxy groups -OCH3 is 2. The van der Waals surface area contributed by atoms with Crippen LogP contribution < -0.4 is 9.47 Å². The van der Waals surface area contributed by atoms with Gasteiger partial charge in [-0.05, 0) is 44.9 Å². The molecule has 1 heterocycles. The van der Waals surface area contributed by atoms with Crippen molar-refractivity contribution in [3.63, 3.8) is 0 Å². The summed E-state index contributed by atoms with van der Waals surface area (Å²) in [4.78, 5) is 24.9. The molecule has 0 bridgehead atoms. The van der Waals surface area contributed by atoms with E-state index in [1.54, 1.807) is 18.2 Å². The summed E-state index contributed by atoms with van der Waals surface area (Å²) in [5.74, 6) is 0.107. The number of aryl methyl sites for hydroxylation is 1. The Bertz CT molecular complexity index is 848. The van der Waals surface area contributed by atoms with Crippen molar-refractivity contribution in [2.75, 3.05) is 20.8 Å². The summed E-state index contributed by atoms with van der Waals surface area (Å²) in [6, 6.07) is 7.18. The van der Waals surface area contributed by atoms with Gasteiger partial charge >= 0.3 is 5.97 Å². The van der Waals surface area contributed by atoms with Gasteiger partial charge in [0.05, 0.1) is 14.2 Å². The zero-order chi connectivity index (χ0) is 18.8. The fraction of sp³-hybridized carbons (Fsp3) is 0.400. The molecule has 26 heavy (non-hydrogen) atoms. The second kappa shape index (κ2) is 7.23. The van der Waals surface area contributed by atoms with Crippen molar-refractivity contribution >= 4 is 11.8 Å². The van der Waals surface area contributed by atoms with Gasteiger partial charge in [0.25, 0.3) is 0 Å². The molecule has 0 unspecified atom stereocenters. The highest BCUT2D eigenvalue weighted by molar-refractivity contribution is 6.01. The Labute approximate surface area is 152 Å². The minimum atomic E-state index is -0.603. The van der Waals surface area contributed by atoms with E-state index in [9.17, 15) is 9.59 Å². The molecule has 0 aliphatic heterocycles. The Kier molecular flexibility index (Phi) is 5.02. The molecule has 0 spiro atoms. The van der Waals surface area contributed by atoms with Gasteiger partial charge in [0, 0.05) is 29.1 Å². The van der Waals surface area contributed by atoms with Crippen LogP contribution in [0.2, 0.25) is 0 Å². The fourth-order valence-electron chi connectivity index (χ4n) is 3.21. The van der Waals surface area contributed by atoms with Crippen LogP contribution in [-0.4, -0.2) is 37.1 Å². The zero-order valence-electron chi connectivity index (χ0n) is 15.5. The summed E-state index contributed by atoms with van der Waals surface area (Å²) in [5, 5.41) is 0. The fourth-order valence-corrected chi connectivity index (χ4v) is 3.21. The van der Waals surface area contributed by atoms with E-state index >= 15 is 0 Å². The van der Waals surface area contributed by atoms with Gasteiger partial charge in [-0.2, -0.15) is 0 Å². The topological polar surface area (TPSA) is 66.8 Å². The van der Waals surface area contributed by atoms with Gasteiger partial charge in [-0.3, -0.25) is 4.79 Å². The van der Waals surface area contributed by atoms with Crippen LogP contribution in [0.5, 0.6) is 11.5 Å². The molecule has 1 fully saturated rings. The monoisotopic (exact) mass is 357 g/mol. The quantitative estimate of drug-likeness (QED) is 0.560. The zero-order valence-corrected chi connectivity index (χ0v) is 15.5. The van der Waals surface area contributed by atoms with E-state index < -0.39 is 5.97 Å². The summed E-state index contributed by atoms with van der Waals surface area (Å²) in [6.07, 6.45) is 2.30. The van der Waals surface area contributed by atoms with Crippen LogP contribution in [0.15, 0.2) is 24.3 Å². The number of carbonyl (C=O) groups excluding carboxylic acids is 2. The molecule has 3 rings (SSSR count). The van der Waals surface area contributed by atoms with Crippen LogP contribution >= 0.6 is 0 Å². The van der Waals surface area contributed by atoms with Crippen LogP contribution in [0.3, 0.4) is 0 Å². The number of nitrogens with zero attached hydrogens (tertiary/aromatic N) is 1. The predicted octanol–water partition coefficient (Wildman–Crippen LogP) is 3.50. The molecule has 0 saturated heterocycles. The number of esters is 1. The Morgan fingerprint density at radius 1 is 1.08 bits per heavy atom. The van der Waals surface area contributed by atoms with Crippen molar-refractivity contribution in [1.29, 1.82) is 0 Å². The van der Waals surface area contributed by atoms with Crippen LogP contribution in [0.25, 0.3) is 0 Å². The lowest BCUT2D eigenvalue weighted by Crippen LogP contribution is -2.15. The maximum atomic E-state index is 12.5. The van der Waals surface area contributed by atoms with Gasteiger partial charge in [-0.25, -0.2) is 4.79 Å². The third-order valence-corrected chi connectivity index (χ3v) is 4.66. The van der Waals surface area contributed by atoms with Crippen LogP contribution in [-0.2, 0) is 4.74 Å². The van der Waals surface area contributed by atoms with Crippen molar-refractivity contribution < 1.29 is 23.8 Å². The summed E-state index contributed by atoms with van der Waals surface area (Å²) in [7, 11) is 2.99. The number of hydrogen-bond donors (Lipinski definition) is 0. The molecule has 2 aromatic rings. The molecule has 0 amide bonds. The maximum Gasteiger partial charge on any atom is 0.342 e. The van der Waals surface area contributed by atoms with Gasteiger partial charge in [0.1, 0.15) is 17.1 Å². The van der Waals surface area contributed by atoms with E-state index in [4.69, 9.17) is 14.2 Å². The van der Waals surface area contributed by atoms with Crippen LogP contribution in [0.1, 0.15) is 51.0 Å². The minimum absolute atomic E-state index is 0.203. The lowest BCUT2D eigenvalue weighted by molar-refractivity contribution is 0.0471. The summed E-state index contributed by atoms with van der Waals surface area (Å²) >= 11 is 0. The van der Waals surface area contributed by atoms with Gasteiger partial charge < -0.3 is 18.8 Å². The SMILES string of the molecule is COc1ccc(C(=O)OCC(=O)c2cc(C)n(C3CC3)c2C)c(OC)c1. The average molecular weight is 357 g/mol. The summed E-state index contributed by atoms with van der Waals surface area (Å²) in [5.41, 5.74) is 2.87. The van der Waals surface area contributed by atoms with E-state index in [0.29, 0.717) is 23.1 Å². The Hall–Kier alpha value is -2.76. The maximum absolute atomic E-state index is 12.5. The highest BCUT2D eigenvalue weighted by Crippen LogP contribution is 2.38. The lowest BCUT2D eigenvalue weighted by atomic mass is 10.1. The Morgan fingerprint density at radius 2 is 1.81 bits per heavy atom. The Morgan fingerprint density at radius 3 is 2.42 bits per heavy atom. The van der Waals surface area contributed by atoms with E-state index in [-0.39, 0.29) is 18.0 Å². The molecule has 1 aromatic heterocycles. The third kappa shape index (κ3) is 3.45. The number of benzene rings is 1. The molecule has 6 nitrogen and oxygen atoms in total. The molecular formula is C20H23NO5.